The smallest absolute Gasteiger partial charge is 0.244 e. The van der Waals surface area contributed by atoms with Gasteiger partial charge in [-0.25, -0.2) is 8.42 Å². The number of hydrogen-bond donors (Lipinski definition) is 1. The molecule has 0 saturated heterocycles. The molecule has 10 heteroatoms. The number of nitrogens with one attached hydrogen (secondary N) is 1. The highest BCUT2D eigenvalue weighted by Crippen LogP contribution is 2.25. The largest absolute Gasteiger partial charge is 0.354 e. The molecule has 0 bridgehead atoms. The molecule has 0 aromatic heterocycles. The van der Waals surface area contributed by atoms with Crippen LogP contribution in [0.2, 0.25) is 10.0 Å². The van der Waals surface area contributed by atoms with Gasteiger partial charge in [-0.05, 0) is 67.6 Å². The maximum absolute atomic E-state index is 13.7. The van der Waals surface area contributed by atoms with Crippen LogP contribution < -0.4 is 9.62 Å². The van der Waals surface area contributed by atoms with Crippen LogP contribution in [0.5, 0.6) is 0 Å². The number of nitrogens with zero attached hydrogens (tertiary/aromatic N) is 2. The van der Waals surface area contributed by atoms with Gasteiger partial charge in [-0.15, -0.1) is 0 Å². The van der Waals surface area contributed by atoms with E-state index in [9.17, 15) is 18.0 Å². The summed E-state index contributed by atoms with van der Waals surface area (Å²) in [5.41, 5.74) is 2.90. The van der Waals surface area contributed by atoms with Crippen LogP contribution in [0, 0.1) is 13.8 Å². The predicted octanol–water partition coefficient (Wildman–Crippen LogP) is 5.10. The molecule has 0 fully saturated rings. The third-order valence-electron chi connectivity index (χ3n) is 6.03. The minimum absolute atomic E-state index is 0.0269. The van der Waals surface area contributed by atoms with Crippen LogP contribution in [-0.4, -0.2) is 50.5 Å². The first kappa shape index (κ1) is 29.9. The predicted molar refractivity (Wildman–Crippen MR) is 147 cm³/mol. The van der Waals surface area contributed by atoms with Crippen molar-refractivity contribution in [3.05, 3.63) is 63.1 Å². The van der Waals surface area contributed by atoms with Gasteiger partial charge in [0.2, 0.25) is 21.8 Å². The second-order valence-corrected chi connectivity index (χ2v) is 11.6. The van der Waals surface area contributed by atoms with Gasteiger partial charge in [-0.1, -0.05) is 55.6 Å². The van der Waals surface area contributed by atoms with E-state index in [1.807, 2.05) is 33.8 Å². The van der Waals surface area contributed by atoms with Crippen molar-refractivity contribution in [1.82, 2.24) is 10.2 Å². The van der Waals surface area contributed by atoms with Crippen molar-refractivity contribution in [2.24, 2.45) is 0 Å². The van der Waals surface area contributed by atoms with Crippen molar-refractivity contribution >= 4 is 50.7 Å². The van der Waals surface area contributed by atoms with Crippen molar-refractivity contribution in [2.45, 2.75) is 59.5 Å². The molecular formula is C26H35Cl2N3O4S. The number of carbonyl (C=O) groups is 2. The van der Waals surface area contributed by atoms with Gasteiger partial charge >= 0.3 is 0 Å². The fourth-order valence-electron chi connectivity index (χ4n) is 3.75. The molecule has 0 saturated carbocycles. The standard InChI is InChI=1S/C26H35Cl2N3O4S/c1-6-8-13-29-26(33)24(7-2)30(16-20-10-11-21(27)15-23(20)28)25(32)17-31(36(5,34)35)22-12-9-18(3)19(4)14-22/h9-12,14-15,24H,6-8,13,16-17H2,1-5H3,(H,29,33)/t24-/m0/s1. The number of rotatable bonds is 12. The molecular weight excluding hydrogens is 521 g/mol. The molecule has 2 rings (SSSR count). The summed E-state index contributed by atoms with van der Waals surface area (Å²) < 4.78 is 26.5. The van der Waals surface area contributed by atoms with E-state index >= 15 is 0 Å². The molecule has 0 aliphatic heterocycles. The van der Waals surface area contributed by atoms with Crippen molar-refractivity contribution in [1.29, 1.82) is 0 Å². The zero-order valence-corrected chi connectivity index (χ0v) is 23.8. The number of carbonyl (C=O) groups excluding carboxylic acids is 2. The van der Waals surface area contributed by atoms with Gasteiger partial charge in [0.05, 0.1) is 11.9 Å². The SMILES string of the molecule is CCCCNC(=O)[C@H](CC)N(Cc1ccc(Cl)cc1Cl)C(=O)CN(c1ccc(C)c(C)c1)S(C)(=O)=O. The molecule has 0 heterocycles. The normalized spacial score (nSPS) is 12.2. The Morgan fingerprint density at radius 3 is 2.28 bits per heavy atom. The molecule has 0 spiro atoms. The van der Waals surface area contributed by atoms with E-state index in [4.69, 9.17) is 23.2 Å². The van der Waals surface area contributed by atoms with E-state index in [2.05, 4.69) is 5.32 Å². The van der Waals surface area contributed by atoms with Crippen LogP contribution in [0.1, 0.15) is 49.8 Å². The third-order valence-corrected chi connectivity index (χ3v) is 7.76. The number of anilines is 1. The number of benzene rings is 2. The van der Waals surface area contributed by atoms with Gasteiger partial charge in [0, 0.05) is 23.1 Å². The minimum Gasteiger partial charge on any atom is -0.354 e. The van der Waals surface area contributed by atoms with Gasteiger partial charge in [0.25, 0.3) is 0 Å². The minimum atomic E-state index is -3.79. The lowest BCUT2D eigenvalue weighted by molar-refractivity contribution is -0.140. The van der Waals surface area contributed by atoms with Crippen LogP contribution in [-0.2, 0) is 26.2 Å². The summed E-state index contributed by atoms with van der Waals surface area (Å²) in [5.74, 6) is -0.802. The van der Waals surface area contributed by atoms with Gasteiger partial charge in [0.1, 0.15) is 12.6 Å². The number of unbranched alkanes of at least 4 members (excludes halogenated alkanes) is 1. The zero-order chi connectivity index (χ0) is 27.0. The lowest BCUT2D eigenvalue weighted by Crippen LogP contribution is -2.52. The first-order valence-corrected chi connectivity index (χ1v) is 14.6. The van der Waals surface area contributed by atoms with E-state index in [1.165, 1.54) is 4.90 Å². The maximum Gasteiger partial charge on any atom is 0.244 e. The second-order valence-electron chi connectivity index (χ2n) is 8.86. The molecule has 0 radical (unpaired) electrons. The third kappa shape index (κ3) is 8.11. The zero-order valence-electron chi connectivity index (χ0n) is 21.5. The Morgan fingerprint density at radius 2 is 1.72 bits per heavy atom. The molecule has 0 aliphatic rings. The summed E-state index contributed by atoms with van der Waals surface area (Å²) in [6.07, 6.45) is 3.13. The highest BCUT2D eigenvalue weighted by atomic mass is 35.5. The molecule has 0 unspecified atom stereocenters. The Kier molecular flexibility index (Phi) is 11.1. The Morgan fingerprint density at radius 1 is 1.03 bits per heavy atom. The Balaban J connectivity index is 2.46. The molecule has 7 nitrogen and oxygen atoms in total. The van der Waals surface area contributed by atoms with Gasteiger partial charge < -0.3 is 10.2 Å². The number of halogens is 2. The van der Waals surface area contributed by atoms with Crippen LogP contribution in [0.3, 0.4) is 0 Å². The van der Waals surface area contributed by atoms with E-state index in [0.717, 1.165) is 34.5 Å². The van der Waals surface area contributed by atoms with Crippen LogP contribution >= 0.6 is 23.2 Å². The van der Waals surface area contributed by atoms with E-state index < -0.39 is 28.5 Å². The fourth-order valence-corrected chi connectivity index (χ4v) is 5.06. The van der Waals surface area contributed by atoms with Crippen molar-refractivity contribution < 1.29 is 18.0 Å². The number of sulfonamides is 1. The Hall–Kier alpha value is -2.29. The lowest BCUT2D eigenvalue weighted by Gasteiger charge is -2.33. The van der Waals surface area contributed by atoms with Crippen LogP contribution in [0.15, 0.2) is 36.4 Å². The molecule has 1 N–H and O–H groups in total. The topological polar surface area (TPSA) is 86.8 Å². The van der Waals surface area contributed by atoms with Crippen LogP contribution in [0.4, 0.5) is 5.69 Å². The fraction of sp³-hybridized carbons (Fsp3) is 0.462. The molecule has 198 valence electrons. The molecule has 2 aromatic rings. The van der Waals surface area contributed by atoms with E-state index in [1.54, 1.807) is 30.3 Å². The van der Waals surface area contributed by atoms with Crippen molar-refractivity contribution in [2.75, 3.05) is 23.7 Å². The summed E-state index contributed by atoms with van der Waals surface area (Å²) in [5, 5.41) is 3.69. The van der Waals surface area contributed by atoms with E-state index in [-0.39, 0.29) is 12.5 Å². The van der Waals surface area contributed by atoms with Gasteiger partial charge in [-0.2, -0.15) is 0 Å². The molecule has 2 aromatic carbocycles. The molecule has 2 amide bonds. The lowest BCUT2D eigenvalue weighted by atomic mass is 10.1. The van der Waals surface area contributed by atoms with Gasteiger partial charge in [-0.3, -0.25) is 13.9 Å². The Labute approximate surface area is 224 Å². The number of amides is 2. The number of hydrogen-bond acceptors (Lipinski definition) is 4. The second kappa shape index (κ2) is 13.3. The number of aryl methyl sites for hydroxylation is 2. The molecule has 0 aliphatic carbocycles. The average Bonchev–Trinajstić information content (AvgIpc) is 2.80. The summed E-state index contributed by atoms with van der Waals surface area (Å²) in [4.78, 5) is 28.2. The maximum atomic E-state index is 13.7. The van der Waals surface area contributed by atoms with Crippen LogP contribution in [0.25, 0.3) is 0 Å². The Bertz CT molecular complexity index is 1190. The highest BCUT2D eigenvalue weighted by molar-refractivity contribution is 7.92. The highest BCUT2D eigenvalue weighted by Gasteiger charge is 2.32. The van der Waals surface area contributed by atoms with E-state index in [0.29, 0.717) is 34.3 Å². The summed E-state index contributed by atoms with van der Waals surface area (Å²) >= 11 is 12.4. The summed E-state index contributed by atoms with van der Waals surface area (Å²) in [6, 6.07) is 9.35. The summed E-state index contributed by atoms with van der Waals surface area (Å²) in [7, 11) is -3.79. The van der Waals surface area contributed by atoms with Crippen molar-refractivity contribution in [3.63, 3.8) is 0 Å². The first-order valence-electron chi connectivity index (χ1n) is 11.9. The summed E-state index contributed by atoms with van der Waals surface area (Å²) in [6.45, 7) is 7.71. The molecule has 36 heavy (non-hydrogen) atoms. The van der Waals surface area contributed by atoms with Gasteiger partial charge in [0.15, 0.2) is 0 Å². The average molecular weight is 557 g/mol. The monoisotopic (exact) mass is 555 g/mol. The molecule has 1 atom stereocenters. The first-order chi connectivity index (χ1) is 16.9. The van der Waals surface area contributed by atoms with Crippen molar-refractivity contribution in [3.8, 4) is 0 Å². The quantitative estimate of drug-likeness (QED) is 0.369.